The Morgan fingerprint density at radius 3 is 2.58 bits per heavy atom. The molecule has 2 atom stereocenters. The van der Waals surface area contributed by atoms with Crippen molar-refractivity contribution in [3.05, 3.63) is 47.7 Å². The maximum Gasteiger partial charge on any atom is 0.306 e. The first kappa shape index (κ1) is 13.6. The van der Waals surface area contributed by atoms with Gasteiger partial charge < -0.3 is 5.11 Å². The summed E-state index contributed by atoms with van der Waals surface area (Å²) in [5.41, 5.74) is 1.67. The Hall–Kier alpha value is -1.85. The summed E-state index contributed by atoms with van der Waals surface area (Å²) in [6, 6.07) is 9.71. The Kier molecular flexibility index (Phi) is 3.87. The van der Waals surface area contributed by atoms with Crippen molar-refractivity contribution in [1.82, 2.24) is 10.2 Å². The van der Waals surface area contributed by atoms with E-state index in [-0.39, 0.29) is 6.04 Å². The van der Waals surface area contributed by atoms with Crippen molar-refractivity contribution in [2.45, 2.75) is 19.4 Å². The van der Waals surface area contributed by atoms with Crippen molar-refractivity contribution in [3.8, 4) is 0 Å². The quantitative estimate of drug-likeness (QED) is 0.871. The van der Waals surface area contributed by atoms with E-state index in [1.807, 2.05) is 36.4 Å². The molecule has 1 aliphatic heterocycles. The van der Waals surface area contributed by atoms with Gasteiger partial charge in [-0.1, -0.05) is 37.3 Å². The first-order valence-corrected chi connectivity index (χ1v) is 6.21. The van der Waals surface area contributed by atoms with Crippen LogP contribution in [0.4, 0.5) is 0 Å². The van der Waals surface area contributed by atoms with Crippen LogP contribution in [-0.2, 0) is 4.79 Å². The molecule has 1 aromatic rings. The summed E-state index contributed by atoms with van der Waals surface area (Å²) in [6.45, 7) is 1.63. The van der Waals surface area contributed by atoms with Crippen molar-refractivity contribution >= 4 is 5.97 Å². The fourth-order valence-electron chi connectivity index (χ4n) is 2.19. The number of carboxylic acids is 1. The van der Waals surface area contributed by atoms with Crippen molar-refractivity contribution in [3.63, 3.8) is 0 Å². The standard InChI is InChI=1S/C14H18N2O3/c1-10(14(17)18)8-12-9-13(15(2)16(12)19)11-6-4-3-5-7-11/h3-7,9-10,13,19H,8H2,1-2H3,(H,17,18). The van der Waals surface area contributed by atoms with E-state index in [0.717, 1.165) is 10.7 Å². The van der Waals surface area contributed by atoms with Gasteiger partial charge in [0.2, 0.25) is 0 Å². The number of nitrogens with zero attached hydrogens (tertiary/aromatic N) is 2. The van der Waals surface area contributed by atoms with E-state index in [2.05, 4.69) is 0 Å². The summed E-state index contributed by atoms with van der Waals surface area (Å²) in [7, 11) is 1.77. The molecule has 0 saturated heterocycles. The molecule has 0 saturated carbocycles. The average molecular weight is 262 g/mol. The molecule has 102 valence electrons. The van der Waals surface area contributed by atoms with Crippen LogP contribution in [0.2, 0.25) is 0 Å². The minimum atomic E-state index is -0.861. The molecular formula is C14H18N2O3. The Bertz CT molecular complexity index is 487. The van der Waals surface area contributed by atoms with Crippen LogP contribution in [-0.4, -0.2) is 33.5 Å². The highest BCUT2D eigenvalue weighted by atomic mass is 16.6. The van der Waals surface area contributed by atoms with Crippen molar-refractivity contribution in [2.24, 2.45) is 5.92 Å². The molecule has 0 radical (unpaired) electrons. The van der Waals surface area contributed by atoms with Gasteiger partial charge in [-0.3, -0.25) is 10.0 Å². The van der Waals surface area contributed by atoms with Gasteiger partial charge in [0.15, 0.2) is 0 Å². The molecule has 0 amide bonds. The number of aliphatic carboxylic acids is 1. The highest BCUT2D eigenvalue weighted by molar-refractivity contribution is 5.69. The lowest BCUT2D eigenvalue weighted by Crippen LogP contribution is -2.33. The third-order valence-electron chi connectivity index (χ3n) is 3.39. The molecule has 19 heavy (non-hydrogen) atoms. The molecular weight excluding hydrogens is 244 g/mol. The lowest BCUT2D eigenvalue weighted by atomic mass is 10.0. The van der Waals surface area contributed by atoms with Crippen LogP contribution >= 0.6 is 0 Å². The molecule has 1 aliphatic rings. The summed E-state index contributed by atoms with van der Waals surface area (Å²) in [5.74, 6) is -1.39. The summed E-state index contributed by atoms with van der Waals surface area (Å²) in [5, 5.41) is 21.7. The van der Waals surface area contributed by atoms with Crippen LogP contribution in [0.3, 0.4) is 0 Å². The van der Waals surface area contributed by atoms with Crippen LogP contribution in [0.1, 0.15) is 24.9 Å². The fourth-order valence-corrected chi connectivity index (χ4v) is 2.19. The van der Waals surface area contributed by atoms with Gasteiger partial charge >= 0.3 is 5.97 Å². The van der Waals surface area contributed by atoms with E-state index < -0.39 is 11.9 Å². The van der Waals surface area contributed by atoms with E-state index >= 15 is 0 Å². The minimum absolute atomic E-state index is 0.0674. The number of likely N-dealkylation sites (N-methyl/N-ethyl adjacent to an activating group) is 1. The number of hydroxylamine groups is 1. The summed E-state index contributed by atoms with van der Waals surface area (Å²) in [6.07, 6.45) is 2.20. The molecule has 0 aliphatic carbocycles. The van der Waals surface area contributed by atoms with Gasteiger partial charge in [0.05, 0.1) is 17.7 Å². The van der Waals surface area contributed by atoms with Gasteiger partial charge in [-0.25, -0.2) is 0 Å². The van der Waals surface area contributed by atoms with Gasteiger partial charge in [-0.15, -0.1) is 0 Å². The normalized spacial score (nSPS) is 21.3. The molecule has 1 aromatic carbocycles. The number of carbonyl (C=O) groups is 1. The van der Waals surface area contributed by atoms with E-state index in [9.17, 15) is 10.0 Å². The van der Waals surface area contributed by atoms with Gasteiger partial charge in [0, 0.05) is 13.5 Å². The Balaban J connectivity index is 2.19. The van der Waals surface area contributed by atoms with E-state index in [1.54, 1.807) is 19.0 Å². The highest BCUT2D eigenvalue weighted by Crippen LogP contribution is 2.33. The predicted molar refractivity (Wildman–Crippen MR) is 70.1 cm³/mol. The topological polar surface area (TPSA) is 64.0 Å². The molecule has 2 rings (SSSR count). The second-order valence-electron chi connectivity index (χ2n) is 4.82. The van der Waals surface area contributed by atoms with Crippen molar-refractivity contribution in [2.75, 3.05) is 7.05 Å². The van der Waals surface area contributed by atoms with Gasteiger partial charge in [0.1, 0.15) is 0 Å². The lowest BCUT2D eigenvalue weighted by molar-refractivity contribution is -0.206. The molecule has 2 N–H and O–H groups in total. The van der Waals surface area contributed by atoms with Gasteiger partial charge in [0.25, 0.3) is 0 Å². The zero-order valence-corrected chi connectivity index (χ0v) is 11.0. The fraction of sp³-hybridized carbons (Fsp3) is 0.357. The van der Waals surface area contributed by atoms with Crippen molar-refractivity contribution in [1.29, 1.82) is 0 Å². The molecule has 5 nitrogen and oxygen atoms in total. The molecule has 0 bridgehead atoms. The first-order chi connectivity index (χ1) is 9.00. The maximum atomic E-state index is 10.9. The highest BCUT2D eigenvalue weighted by Gasteiger charge is 2.30. The van der Waals surface area contributed by atoms with E-state index in [1.165, 1.54) is 0 Å². The number of allylic oxidation sites excluding steroid dienone is 1. The number of hydrogen-bond acceptors (Lipinski definition) is 4. The van der Waals surface area contributed by atoms with Gasteiger partial charge in [-0.05, 0) is 11.6 Å². The number of carboxylic acid groups (broad SMARTS) is 1. The number of hydrogen-bond donors (Lipinski definition) is 2. The summed E-state index contributed by atoms with van der Waals surface area (Å²) in [4.78, 5) is 10.9. The lowest BCUT2D eigenvalue weighted by Gasteiger charge is -2.27. The molecule has 0 fully saturated rings. The predicted octanol–water partition coefficient (Wildman–Crippen LogP) is 2.27. The number of rotatable bonds is 4. The molecule has 2 unspecified atom stereocenters. The third kappa shape index (κ3) is 2.77. The van der Waals surface area contributed by atoms with Gasteiger partial charge in [-0.2, -0.15) is 10.2 Å². The monoisotopic (exact) mass is 262 g/mol. The van der Waals surface area contributed by atoms with Crippen LogP contribution < -0.4 is 0 Å². The molecule has 1 heterocycles. The average Bonchev–Trinajstić information content (AvgIpc) is 2.68. The summed E-state index contributed by atoms with van der Waals surface area (Å²) >= 11 is 0. The zero-order valence-electron chi connectivity index (χ0n) is 11.0. The third-order valence-corrected chi connectivity index (χ3v) is 3.39. The zero-order chi connectivity index (χ0) is 14.0. The smallest absolute Gasteiger partial charge is 0.306 e. The Morgan fingerprint density at radius 2 is 2.00 bits per heavy atom. The minimum Gasteiger partial charge on any atom is -0.481 e. The Morgan fingerprint density at radius 1 is 1.37 bits per heavy atom. The number of hydrazine groups is 1. The van der Waals surface area contributed by atoms with Crippen molar-refractivity contribution < 1.29 is 15.1 Å². The maximum absolute atomic E-state index is 10.9. The largest absolute Gasteiger partial charge is 0.481 e. The summed E-state index contributed by atoms with van der Waals surface area (Å²) < 4.78 is 0. The van der Waals surface area contributed by atoms with E-state index in [4.69, 9.17) is 5.11 Å². The van der Waals surface area contributed by atoms with Crippen LogP contribution in [0, 0.1) is 5.92 Å². The van der Waals surface area contributed by atoms with Crippen LogP contribution in [0.5, 0.6) is 0 Å². The van der Waals surface area contributed by atoms with Crippen LogP contribution in [0.25, 0.3) is 0 Å². The first-order valence-electron chi connectivity index (χ1n) is 6.21. The second-order valence-corrected chi connectivity index (χ2v) is 4.82. The molecule has 0 aromatic heterocycles. The molecule has 0 spiro atoms. The van der Waals surface area contributed by atoms with E-state index in [0.29, 0.717) is 12.1 Å². The van der Waals surface area contributed by atoms with Crippen LogP contribution in [0.15, 0.2) is 42.1 Å². The number of benzene rings is 1. The second kappa shape index (κ2) is 5.42. The molecule has 5 heteroatoms. The SMILES string of the molecule is CC(CC1=CC(c2ccccc2)N(C)N1O)C(=O)O. The Labute approximate surface area is 112 Å².